The topological polar surface area (TPSA) is 46.7 Å². The lowest BCUT2D eigenvalue weighted by Crippen LogP contribution is -2.23. The molecule has 5 nitrogen and oxygen atoms in total. The molecule has 6 heteroatoms. The Hall–Kier alpha value is -3.09. The Labute approximate surface area is 225 Å². The molecule has 4 aromatic rings. The molecule has 1 N–H and O–H groups in total. The number of likely N-dealkylation sites (N-methyl/N-ethyl adjacent to an activating group) is 1. The van der Waals surface area contributed by atoms with Crippen LogP contribution in [0, 0.1) is 0 Å². The number of methoxy groups -OCH3 is 2. The predicted octanol–water partition coefficient (Wildman–Crippen LogP) is 7.40. The van der Waals surface area contributed by atoms with Crippen LogP contribution in [0.3, 0.4) is 0 Å². The van der Waals surface area contributed by atoms with Crippen LogP contribution in [0.1, 0.15) is 37.4 Å². The third-order valence-corrected chi connectivity index (χ3v) is 7.64. The van der Waals surface area contributed by atoms with Crippen molar-refractivity contribution in [1.29, 1.82) is 0 Å². The van der Waals surface area contributed by atoms with Gasteiger partial charge in [0, 0.05) is 39.5 Å². The average Bonchev–Trinajstić information content (AvgIpc) is 3.29. The number of benzene rings is 3. The lowest BCUT2D eigenvalue weighted by Gasteiger charge is -2.17. The number of rotatable bonds is 13. The fourth-order valence-corrected chi connectivity index (χ4v) is 5.56. The first kappa shape index (κ1) is 27.0. The predicted molar refractivity (Wildman–Crippen MR) is 154 cm³/mol. The minimum atomic E-state index is 0.440. The highest BCUT2D eigenvalue weighted by Crippen LogP contribution is 2.39. The second-order valence-electron chi connectivity index (χ2n) is 9.59. The normalized spacial score (nSPS) is 11.4. The van der Waals surface area contributed by atoms with Gasteiger partial charge in [0.1, 0.15) is 5.75 Å². The van der Waals surface area contributed by atoms with Crippen molar-refractivity contribution in [2.45, 2.75) is 42.4 Å². The summed E-state index contributed by atoms with van der Waals surface area (Å²) in [5.41, 5.74) is 3.73. The zero-order chi connectivity index (χ0) is 26.2. The summed E-state index contributed by atoms with van der Waals surface area (Å²) in [7, 11) is 5.49. The van der Waals surface area contributed by atoms with E-state index in [1.807, 2.05) is 17.8 Å². The van der Waals surface area contributed by atoms with Gasteiger partial charge in [-0.25, -0.2) is 0 Å². The van der Waals surface area contributed by atoms with E-state index in [-0.39, 0.29) is 0 Å². The van der Waals surface area contributed by atoms with Gasteiger partial charge in [-0.2, -0.15) is 0 Å². The maximum atomic E-state index is 6.02. The number of nitrogens with zero attached hydrogens (tertiary/aromatic N) is 1. The van der Waals surface area contributed by atoms with Crippen LogP contribution < -0.4 is 14.2 Å². The van der Waals surface area contributed by atoms with Gasteiger partial charge in [0.25, 0.3) is 0 Å². The van der Waals surface area contributed by atoms with E-state index in [2.05, 4.69) is 91.4 Å². The molecular weight excluding hydrogens is 480 g/mol. The molecule has 0 saturated carbocycles. The second kappa shape index (κ2) is 12.9. The summed E-state index contributed by atoms with van der Waals surface area (Å²) < 4.78 is 16.8. The van der Waals surface area contributed by atoms with Gasteiger partial charge in [0.15, 0.2) is 11.5 Å². The van der Waals surface area contributed by atoms with Crippen molar-refractivity contribution in [1.82, 2.24) is 9.88 Å². The molecular formula is C31H38N2O3S. The summed E-state index contributed by atoms with van der Waals surface area (Å²) in [6.07, 6.45) is 1.94. The fourth-order valence-electron chi connectivity index (χ4n) is 4.37. The second-order valence-corrected chi connectivity index (χ2v) is 10.7. The first-order valence-electron chi connectivity index (χ1n) is 12.9. The molecule has 0 radical (unpaired) electrons. The molecule has 3 aromatic carbocycles. The zero-order valence-corrected chi connectivity index (χ0v) is 23.4. The Morgan fingerprint density at radius 3 is 2.38 bits per heavy atom. The van der Waals surface area contributed by atoms with Crippen LogP contribution in [0.25, 0.3) is 10.9 Å². The Morgan fingerprint density at radius 1 is 0.892 bits per heavy atom. The van der Waals surface area contributed by atoms with Crippen molar-refractivity contribution in [2.24, 2.45) is 0 Å². The van der Waals surface area contributed by atoms with E-state index < -0.39 is 0 Å². The largest absolute Gasteiger partial charge is 0.494 e. The highest BCUT2D eigenvalue weighted by molar-refractivity contribution is 7.99. The first-order valence-corrected chi connectivity index (χ1v) is 13.7. The van der Waals surface area contributed by atoms with Crippen molar-refractivity contribution in [2.75, 3.05) is 41.0 Å². The number of ether oxygens (including phenoxy) is 3. The van der Waals surface area contributed by atoms with Crippen LogP contribution in [0.2, 0.25) is 0 Å². The molecule has 0 aliphatic rings. The molecule has 37 heavy (non-hydrogen) atoms. The third-order valence-electron chi connectivity index (χ3n) is 6.49. The van der Waals surface area contributed by atoms with Gasteiger partial charge in [-0.05, 0) is 73.8 Å². The smallest absolute Gasteiger partial charge is 0.160 e. The van der Waals surface area contributed by atoms with E-state index in [0.717, 1.165) is 43.2 Å². The summed E-state index contributed by atoms with van der Waals surface area (Å²) in [5.74, 6) is 2.90. The lowest BCUT2D eigenvalue weighted by atomic mass is 10.1. The van der Waals surface area contributed by atoms with E-state index in [4.69, 9.17) is 14.2 Å². The SMILES string of the molecule is COc1ccc(CCN(C)CCCOc2ccc(Sc3c(C(C)C)[nH]c4ccccc34)cc2)cc1OC. The number of hydrogen-bond donors (Lipinski definition) is 1. The van der Waals surface area contributed by atoms with Crippen LogP contribution >= 0.6 is 11.8 Å². The molecule has 1 heterocycles. The van der Waals surface area contributed by atoms with E-state index in [1.165, 1.54) is 32.0 Å². The number of aromatic nitrogens is 1. The van der Waals surface area contributed by atoms with Crippen LogP contribution in [-0.4, -0.2) is 50.8 Å². The van der Waals surface area contributed by atoms with E-state index >= 15 is 0 Å². The van der Waals surface area contributed by atoms with Gasteiger partial charge in [0.2, 0.25) is 0 Å². The van der Waals surface area contributed by atoms with Gasteiger partial charge in [-0.3, -0.25) is 0 Å². The van der Waals surface area contributed by atoms with Crippen LogP contribution in [0.15, 0.2) is 76.5 Å². The van der Waals surface area contributed by atoms with Crippen LogP contribution in [0.4, 0.5) is 0 Å². The van der Waals surface area contributed by atoms with E-state index in [9.17, 15) is 0 Å². The Bertz CT molecular complexity index is 1280. The summed E-state index contributed by atoms with van der Waals surface area (Å²) >= 11 is 1.82. The van der Waals surface area contributed by atoms with E-state index in [1.54, 1.807) is 14.2 Å². The van der Waals surface area contributed by atoms with Crippen molar-refractivity contribution >= 4 is 22.7 Å². The molecule has 0 saturated heterocycles. The summed E-state index contributed by atoms with van der Waals surface area (Å²) in [4.78, 5) is 8.48. The average molecular weight is 519 g/mol. The number of para-hydroxylation sites is 1. The van der Waals surface area contributed by atoms with Gasteiger partial charge in [-0.1, -0.05) is 49.9 Å². The first-order chi connectivity index (χ1) is 18.0. The van der Waals surface area contributed by atoms with Crippen molar-refractivity contribution in [3.05, 3.63) is 78.0 Å². The zero-order valence-electron chi connectivity index (χ0n) is 22.5. The monoisotopic (exact) mass is 518 g/mol. The summed E-state index contributed by atoms with van der Waals surface area (Å²) in [6, 6.07) is 23.1. The lowest BCUT2D eigenvalue weighted by molar-refractivity contribution is 0.264. The minimum Gasteiger partial charge on any atom is -0.494 e. The number of fused-ring (bicyclic) bond motifs is 1. The molecule has 0 atom stereocenters. The molecule has 0 unspecified atom stereocenters. The molecule has 0 fully saturated rings. The highest BCUT2D eigenvalue weighted by atomic mass is 32.2. The number of hydrogen-bond acceptors (Lipinski definition) is 5. The molecule has 0 amide bonds. The third kappa shape index (κ3) is 7.02. The molecule has 196 valence electrons. The molecule has 0 bridgehead atoms. The molecule has 1 aromatic heterocycles. The number of aromatic amines is 1. The Balaban J connectivity index is 1.23. The Kier molecular flexibility index (Phi) is 9.42. The molecule has 0 aliphatic heterocycles. The number of nitrogens with one attached hydrogen (secondary N) is 1. The highest BCUT2D eigenvalue weighted by Gasteiger charge is 2.15. The van der Waals surface area contributed by atoms with Crippen molar-refractivity contribution in [3.8, 4) is 17.2 Å². The molecule has 0 aliphatic carbocycles. The maximum Gasteiger partial charge on any atom is 0.160 e. The van der Waals surface area contributed by atoms with Gasteiger partial charge in [-0.15, -0.1) is 0 Å². The standard InChI is InChI=1S/C31H38N2O3S/c1-22(2)30-31(26-9-6-7-10-27(26)32-30)37-25-14-12-24(13-15-25)36-20-8-18-33(3)19-17-23-11-16-28(34-4)29(21-23)35-5/h6-7,9-16,21-22,32H,8,17-20H2,1-5H3. The minimum absolute atomic E-state index is 0.440. The molecule has 0 spiro atoms. The summed E-state index contributed by atoms with van der Waals surface area (Å²) in [6.45, 7) is 7.14. The van der Waals surface area contributed by atoms with E-state index in [0.29, 0.717) is 12.5 Å². The maximum absolute atomic E-state index is 6.02. The summed E-state index contributed by atoms with van der Waals surface area (Å²) in [5, 5.41) is 1.28. The quantitative estimate of drug-likeness (QED) is 0.187. The van der Waals surface area contributed by atoms with Crippen molar-refractivity contribution in [3.63, 3.8) is 0 Å². The van der Waals surface area contributed by atoms with Gasteiger partial charge in [0.05, 0.1) is 20.8 Å². The van der Waals surface area contributed by atoms with Crippen LogP contribution in [0.5, 0.6) is 17.2 Å². The Morgan fingerprint density at radius 2 is 1.65 bits per heavy atom. The van der Waals surface area contributed by atoms with Gasteiger partial charge >= 0.3 is 0 Å². The fraction of sp³-hybridized carbons (Fsp3) is 0.355. The van der Waals surface area contributed by atoms with Crippen molar-refractivity contribution < 1.29 is 14.2 Å². The number of H-pyrrole nitrogens is 1. The molecule has 4 rings (SSSR count). The van der Waals surface area contributed by atoms with Gasteiger partial charge < -0.3 is 24.1 Å². The van der Waals surface area contributed by atoms with Crippen LogP contribution in [-0.2, 0) is 6.42 Å².